The van der Waals surface area contributed by atoms with Crippen molar-refractivity contribution in [3.8, 4) is 0 Å². The number of carbonyl (C=O) groups is 3. The summed E-state index contributed by atoms with van der Waals surface area (Å²) in [7, 11) is 4.58. The van der Waals surface area contributed by atoms with Crippen LogP contribution in [0.2, 0.25) is 0 Å². The number of benzene rings is 1. The van der Waals surface area contributed by atoms with E-state index in [4.69, 9.17) is 28.8 Å². The number of hydrogen-bond acceptors (Lipinski definition) is 14. The number of aliphatic hydroxyl groups is 1. The van der Waals surface area contributed by atoms with Gasteiger partial charge in [-0.15, -0.1) is 0 Å². The predicted molar refractivity (Wildman–Crippen MR) is 207 cm³/mol. The highest BCUT2D eigenvalue weighted by Gasteiger charge is 2.43. The number of pyridine rings is 1. The smallest absolute Gasteiger partial charge is 0.306 e. The number of aliphatic hydroxyl groups excluding tert-OH is 1. The predicted octanol–water partition coefficient (Wildman–Crippen LogP) is 5.65. The van der Waals surface area contributed by atoms with Gasteiger partial charge in [0.25, 0.3) is 11.6 Å². The lowest BCUT2D eigenvalue weighted by Crippen LogP contribution is -2.56. The second-order valence-electron chi connectivity index (χ2n) is 14.3. The number of aromatic nitrogens is 1. The van der Waals surface area contributed by atoms with E-state index in [2.05, 4.69) is 15.6 Å². The fraction of sp³-hybridized carbons (Fsp3) is 0.622. The second kappa shape index (κ2) is 22.9. The van der Waals surface area contributed by atoms with E-state index in [1.807, 2.05) is 67.5 Å². The van der Waals surface area contributed by atoms with Crippen LogP contribution in [0.4, 0.5) is 5.69 Å². The van der Waals surface area contributed by atoms with Gasteiger partial charge in [0.15, 0.2) is 6.29 Å². The molecule has 3 N–H and O–H groups in total. The summed E-state index contributed by atoms with van der Waals surface area (Å²) in [6, 6.07) is 10.2. The number of nitrogens with one attached hydrogen (secondary N) is 2. The minimum atomic E-state index is -0.732. The number of hydrogen-bond donors (Lipinski definition) is 3. The summed E-state index contributed by atoms with van der Waals surface area (Å²) in [5, 5.41) is 25.7. The summed E-state index contributed by atoms with van der Waals surface area (Å²) in [5.74, 6) is -1.15. The molecule has 0 bridgehead atoms. The SMILES string of the molecule is CC(C)OC(COC(=O)CCC(=O)NCCNC(=O)c1ccc(C(C)SSc2ccc([N+](=O)[O-])cn2)cc1)OC1COC1(C)C.COC(CO)C(C)(C)C. The Bertz CT molecular complexity index is 1470. The van der Waals surface area contributed by atoms with Gasteiger partial charge in [0.1, 0.15) is 23.9 Å². The summed E-state index contributed by atoms with van der Waals surface area (Å²) in [5.41, 5.74) is 1.04. The number of nitrogens with zero attached hydrogens (tertiary/aromatic N) is 2. The number of methoxy groups -OCH3 is 1. The molecule has 17 heteroatoms. The third-order valence-corrected chi connectivity index (χ3v) is 10.8. The first-order valence-corrected chi connectivity index (χ1v) is 19.9. The standard InChI is InChI=1S/C30H40N4O9S2.C7H16O2/c1-19(2)42-28(43-24-17-41-30(24,4)5)18-40-27(36)13-11-25(35)31-14-15-32-29(37)22-8-6-21(7-9-22)20(3)44-45-26-12-10-23(16-33-26)34(38)39;1-7(2,3)6(5-8)9-4/h6-10,12,16,19-20,24,28H,11,13-15,17-18H2,1-5H3,(H,31,35)(H,32,37);6,8H,5H2,1-4H3. The maximum Gasteiger partial charge on any atom is 0.306 e. The molecule has 4 unspecified atom stereocenters. The fourth-order valence-electron chi connectivity index (χ4n) is 4.62. The fourth-order valence-corrected chi connectivity index (χ4v) is 6.71. The molecule has 2 amide bonds. The number of carbonyl (C=O) groups excluding carboxylic acids is 3. The summed E-state index contributed by atoms with van der Waals surface area (Å²) in [6.07, 6.45) is 0.00378. The van der Waals surface area contributed by atoms with E-state index < -0.39 is 22.8 Å². The third-order valence-electron chi connectivity index (χ3n) is 8.06. The molecule has 2 aromatic rings. The van der Waals surface area contributed by atoms with Crippen molar-refractivity contribution in [2.45, 2.75) is 109 Å². The molecule has 54 heavy (non-hydrogen) atoms. The van der Waals surface area contributed by atoms with Crippen LogP contribution in [0.3, 0.4) is 0 Å². The lowest BCUT2D eigenvalue weighted by molar-refractivity contribution is -0.385. The highest BCUT2D eigenvalue weighted by Crippen LogP contribution is 2.41. The van der Waals surface area contributed by atoms with Gasteiger partial charge in [-0.3, -0.25) is 24.5 Å². The highest BCUT2D eigenvalue weighted by molar-refractivity contribution is 8.76. The maximum atomic E-state index is 12.5. The normalized spacial score (nSPS) is 16.5. The quantitative estimate of drug-likeness (QED) is 0.0371. The van der Waals surface area contributed by atoms with Crippen molar-refractivity contribution in [3.63, 3.8) is 0 Å². The Morgan fingerprint density at radius 2 is 1.74 bits per heavy atom. The maximum absolute atomic E-state index is 12.5. The molecular formula is C37H56N4O11S2. The molecule has 2 heterocycles. The molecule has 1 saturated heterocycles. The number of amides is 2. The van der Waals surface area contributed by atoms with Gasteiger partial charge < -0.3 is 39.4 Å². The van der Waals surface area contributed by atoms with Crippen molar-refractivity contribution in [1.29, 1.82) is 0 Å². The van der Waals surface area contributed by atoms with Gasteiger partial charge in [0.05, 0.1) is 42.4 Å². The molecule has 1 aliphatic heterocycles. The Balaban J connectivity index is 0.000000990. The second-order valence-corrected chi connectivity index (χ2v) is 16.8. The van der Waals surface area contributed by atoms with Crippen molar-refractivity contribution in [2.24, 2.45) is 5.41 Å². The van der Waals surface area contributed by atoms with Crippen LogP contribution in [0.5, 0.6) is 0 Å². The molecule has 1 aliphatic rings. The third kappa shape index (κ3) is 17.0. The zero-order valence-electron chi connectivity index (χ0n) is 32.6. The molecule has 15 nitrogen and oxygen atoms in total. The molecular weight excluding hydrogens is 741 g/mol. The van der Waals surface area contributed by atoms with Crippen LogP contribution in [0.25, 0.3) is 0 Å². The van der Waals surface area contributed by atoms with E-state index in [0.717, 1.165) is 5.56 Å². The van der Waals surface area contributed by atoms with Gasteiger partial charge >= 0.3 is 5.97 Å². The van der Waals surface area contributed by atoms with Crippen LogP contribution in [-0.2, 0) is 33.3 Å². The lowest BCUT2D eigenvalue weighted by atomic mass is 9.90. The average molecular weight is 797 g/mol. The number of nitro groups is 1. The van der Waals surface area contributed by atoms with Crippen LogP contribution < -0.4 is 10.6 Å². The number of esters is 1. The van der Waals surface area contributed by atoms with Gasteiger partial charge in [0, 0.05) is 43.5 Å². The van der Waals surface area contributed by atoms with Gasteiger partial charge in [-0.25, -0.2) is 4.98 Å². The van der Waals surface area contributed by atoms with E-state index in [0.29, 0.717) is 17.2 Å². The van der Waals surface area contributed by atoms with E-state index in [1.165, 1.54) is 23.1 Å². The van der Waals surface area contributed by atoms with E-state index in [-0.39, 0.29) is 85.6 Å². The summed E-state index contributed by atoms with van der Waals surface area (Å²) in [4.78, 5) is 51.2. The monoisotopic (exact) mass is 796 g/mol. The van der Waals surface area contributed by atoms with Gasteiger partial charge in [-0.1, -0.05) is 43.7 Å². The molecule has 0 radical (unpaired) electrons. The zero-order chi connectivity index (χ0) is 40.5. The Hall–Kier alpha value is -3.32. The number of ether oxygens (including phenoxy) is 5. The first kappa shape index (κ1) is 46.8. The lowest BCUT2D eigenvalue weighted by Gasteiger charge is -2.45. The molecule has 1 aromatic carbocycles. The van der Waals surface area contributed by atoms with E-state index >= 15 is 0 Å². The topological polar surface area (TPSA) is 198 Å². The molecule has 3 rings (SSSR count). The molecule has 0 aliphatic carbocycles. The Morgan fingerprint density at radius 3 is 2.22 bits per heavy atom. The Morgan fingerprint density at radius 1 is 1.07 bits per heavy atom. The van der Waals surface area contributed by atoms with E-state index in [1.54, 1.807) is 36.1 Å². The van der Waals surface area contributed by atoms with Crippen LogP contribution >= 0.6 is 21.6 Å². The molecule has 0 spiro atoms. The van der Waals surface area contributed by atoms with Crippen LogP contribution in [0, 0.1) is 15.5 Å². The summed E-state index contributed by atoms with van der Waals surface area (Å²) < 4.78 is 27.4. The largest absolute Gasteiger partial charge is 0.460 e. The molecule has 1 aromatic heterocycles. The first-order chi connectivity index (χ1) is 25.4. The van der Waals surface area contributed by atoms with Gasteiger partial charge in [-0.2, -0.15) is 0 Å². The van der Waals surface area contributed by atoms with Crippen LogP contribution in [0.1, 0.15) is 89.4 Å². The minimum absolute atomic E-state index is 0.0440. The Kier molecular flexibility index (Phi) is 19.9. The minimum Gasteiger partial charge on any atom is -0.460 e. The molecule has 302 valence electrons. The van der Waals surface area contributed by atoms with Crippen LogP contribution in [-0.4, -0.2) is 103 Å². The number of rotatable bonds is 20. The first-order valence-electron chi connectivity index (χ1n) is 17.7. The zero-order valence-corrected chi connectivity index (χ0v) is 34.3. The van der Waals surface area contributed by atoms with Crippen molar-refractivity contribution in [3.05, 3.63) is 63.8 Å². The molecule has 0 saturated carbocycles. The van der Waals surface area contributed by atoms with Gasteiger partial charge in [-0.05, 0) is 74.6 Å². The highest BCUT2D eigenvalue weighted by atomic mass is 33.1. The van der Waals surface area contributed by atoms with Crippen LogP contribution in [0.15, 0.2) is 47.6 Å². The Labute approximate surface area is 325 Å². The van der Waals surface area contributed by atoms with Crippen molar-refractivity contribution >= 4 is 45.1 Å². The van der Waals surface area contributed by atoms with Crippen molar-refractivity contribution in [2.75, 3.05) is 40.0 Å². The van der Waals surface area contributed by atoms with Crippen molar-refractivity contribution < 1.29 is 48.1 Å². The average Bonchev–Trinajstić information content (AvgIpc) is 3.12. The molecule has 1 fully saturated rings. The van der Waals surface area contributed by atoms with E-state index in [9.17, 15) is 24.5 Å². The van der Waals surface area contributed by atoms with Gasteiger partial charge in [0.2, 0.25) is 5.91 Å². The summed E-state index contributed by atoms with van der Waals surface area (Å²) in [6.45, 7) is 16.5. The summed E-state index contributed by atoms with van der Waals surface area (Å²) >= 11 is 0. The van der Waals surface area contributed by atoms with Crippen molar-refractivity contribution in [1.82, 2.24) is 15.6 Å². The molecule has 4 atom stereocenters.